The highest BCUT2D eigenvalue weighted by atomic mass is 16.5. The fraction of sp³-hybridized carbons (Fsp3) is 0.650. The summed E-state index contributed by atoms with van der Waals surface area (Å²) < 4.78 is 13.4. The van der Waals surface area contributed by atoms with Crippen LogP contribution in [0.1, 0.15) is 49.7 Å². The van der Waals surface area contributed by atoms with Gasteiger partial charge >= 0.3 is 0 Å². The van der Waals surface area contributed by atoms with E-state index in [4.69, 9.17) is 9.47 Å². The van der Waals surface area contributed by atoms with Gasteiger partial charge in [0.15, 0.2) is 5.65 Å². The molecule has 1 atom stereocenters. The number of amides is 1. The summed E-state index contributed by atoms with van der Waals surface area (Å²) in [5.74, 6) is 0.00126. The fourth-order valence-electron chi connectivity index (χ4n) is 4.08. The molecule has 0 aromatic carbocycles. The van der Waals surface area contributed by atoms with Gasteiger partial charge in [0.25, 0.3) is 5.91 Å². The Morgan fingerprint density at radius 1 is 1.30 bits per heavy atom. The Hall–Kier alpha value is -1.99. The van der Waals surface area contributed by atoms with Gasteiger partial charge in [-0.15, -0.1) is 0 Å². The van der Waals surface area contributed by atoms with Crippen molar-refractivity contribution in [3.05, 3.63) is 23.5 Å². The van der Waals surface area contributed by atoms with E-state index < -0.39 is 0 Å². The first-order valence-corrected chi connectivity index (χ1v) is 9.63. The highest BCUT2D eigenvalue weighted by Crippen LogP contribution is 2.30. The van der Waals surface area contributed by atoms with Crippen LogP contribution >= 0.6 is 0 Å². The first-order valence-electron chi connectivity index (χ1n) is 9.63. The zero-order valence-electron chi connectivity index (χ0n) is 16.6. The predicted octanol–water partition coefficient (Wildman–Crippen LogP) is 2.29. The number of aromatic nitrogens is 3. The molecule has 146 valence electrons. The number of hydrogen-bond donors (Lipinski definition) is 0. The Labute approximate surface area is 159 Å². The van der Waals surface area contributed by atoms with Crippen LogP contribution in [0.4, 0.5) is 0 Å². The van der Waals surface area contributed by atoms with Gasteiger partial charge < -0.3 is 14.4 Å². The number of pyridine rings is 1. The van der Waals surface area contributed by atoms with Gasteiger partial charge in [0.2, 0.25) is 0 Å². The zero-order valence-corrected chi connectivity index (χ0v) is 16.6. The van der Waals surface area contributed by atoms with Gasteiger partial charge in [0, 0.05) is 37.2 Å². The zero-order chi connectivity index (χ0) is 19.2. The summed E-state index contributed by atoms with van der Waals surface area (Å²) in [4.78, 5) is 19.6. The van der Waals surface area contributed by atoms with Gasteiger partial charge in [-0.1, -0.05) is 20.8 Å². The molecule has 4 heterocycles. The van der Waals surface area contributed by atoms with Crippen molar-refractivity contribution >= 4 is 16.9 Å². The number of rotatable bonds is 1. The highest BCUT2D eigenvalue weighted by Gasteiger charge is 2.40. The monoisotopic (exact) mass is 372 g/mol. The van der Waals surface area contributed by atoms with Crippen LogP contribution in [-0.2, 0) is 21.9 Å². The minimum Gasteiger partial charge on any atom is -0.378 e. The summed E-state index contributed by atoms with van der Waals surface area (Å²) in [6, 6.07) is 1.94. The molecule has 0 radical (unpaired) electrons. The molecule has 0 saturated carbocycles. The van der Waals surface area contributed by atoms with E-state index >= 15 is 0 Å². The average Bonchev–Trinajstić information content (AvgIpc) is 2.98. The van der Waals surface area contributed by atoms with Gasteiger partial charge in [-0.25, -0.2) is 4.98 Å². The lowest BCUT2D eigenvalue weighted by Gasteiger charge is -2.44. The molecule has 2 aliphatic heterocycles. The maximum atomic E-state index is 13.2. The van der Waals surface area contributed by atoms with E-state index in [9.17, 15) is 4.79 Å². The molecule has 2 aromatic heterocycles. The molecule has 1 unspecified atom stereocenters. The minimum atomic E-state index is -0.353. The average molecular weight is 372 g/mol. The lowest BCUT2D eigenvalue weighted by molar-refractivity contribution is -0.160. The van der Waals surface area contributed by atoms with Crippen molar-refractivity contribution in [3.8, 4) is 0 Å². The smallest absolute Gasteiger partial charge is 0.255 e. The molecule has 2 aliphatic rings. The van der Waals surface area contributed by atoms with Crippen molar-refractivity contribution in [3.63, 3.8) is 0 Å². The summed E-state index contributed by atoms with van der Waals surface area (Å²) in [5.41, 5.74) is 1.89. The summed E-state index contributed by atoms with van der Waals surface area (Å²) in [6.07, 6.45) is 3.57. The van der Waals surface area contributed by atoms with Gasteiger partial charge in [-0.2, -0.15) is 5.10 Å². The van der Waals surface area contributed by atoms with E-state index in [-0.39, 0.29) is 16.9 Å². The third-order valence-corrected chi connectivity index (χ3v) is 5.46. The van der Waals surface area contributed by atoms with Crippen LogP contribution in [-0.4, -0.2) is 64.1 Å². The van der Waals surface area contributed by atoms with Crippen LogP contribution in [0, 0.1) is 0 Å². The van der Waals surface area contributed by atoms with E-state index in [1.165, 1.54) is 0 Å². The first-order chi connectivity index (χ1) is 12.8. The van der Waals surface area contributed by atoms with Crippen LogP contribution in [0.5, 0.6) is 0 Å². The predicted molar refractivity (Wildman–Crippen MR) is 102 cm³/mol. The van der Waals surface area contributed by atoms with E-state index in [0.29, 0.717) is 31.9 Å². The molecule has 27 heavy (non-hydrogen) atoms. The lowest BCUT2D eigenvalue weighted by Crippen LogP contribution is -2.57. The second-order valence-corrected chi connectivity index (χ2v) is 8.73. The van der Waals surface area contributed by atoms with Crippen molar-refractivity contribution in [2.75, 3.05) is 32.9 Å². The molecule has 7 nitrogen and oxygen atoms in total. The van der Waals surface area contributed by atoms with Crippen LogP contribution in [0.2, 0.25) is 0 Å². The number of morpholine rings is 1. The number of aryl methyl sites for hydroxylation is 1. The normalized spacial score (nSPS) is 23.9. The largest absolute Gasteiger partial charge is 0.378 e. The fourth-order valence-corrected chi connectivity index (χ4v) is 4.08. The Balaban J connectivity index is 1.64. The Morgan fingerprint density at radius 2 is 2.11 bits per heavy atom. The van der Waals surface area contributed by atoms with Crippen molar-refractivity contribution in [2.24, 2.45) is 7.05 Å². The van der Waals surface area contributed by atoms with Crippen LogP contribution in [0.25, 0.3) is 11.0 Å². The van der Waals surface area contributed by atoms with Crippen molar-refractivity contribution in [2.45, 2.75) is 44.6 Å². The summed E-state index contributed by atoms with van der Waals surface area (Å²) in [6.45, 7) is 9.42. The topological polar surface area (TPSA) is 69.5 Å². The summed E-state index contributed by atoms with van der Waals surface area (Å²) in [5, 5.41) is 5.58. The second kappa shape index (κ2) is 6.56. The molecule has 7 heteroatoms. The highest BCUT2D eigenvalue weighted by molar-refractivity contribution is 5.97. The molecular formula is C20H28N4O3. The Kier molecular flexibility index (Phi) is 4.47. The Bertz CT molecular complexity index is 856. The molecule has 2 fully saturated rings. The number of fused-ring (bicyclic) bond motifs is 1. The van der Waals surface area contributed by atoms with Gasteiger partial charge in [-0.05, 0) is 18.9 Å². The lowest BCUT2D eigenvalue weighted by atomic mass is 9.90. The summed E-state index contributed by atoms with van der Waals surface area (Å²) in [7, 11) is 1.89. The molecule has 1 spiro atoms. The third kappa shape index (κ3) is 3.34. The standard InChI is InChI=1S/C20H28N4O3/c1-19(2,3)16-15-10-14(11-21-17(15)23(4)22-16)18(25)24-7-9-27-20(12-24)6-5-8-26-13-20/h10-11H,5-9,12-13H2,1-4H3. The molecule has 2 saturated heterocycles. The van der Waals surface area contributed by atoms with Gasteiger partial charge in [-0.3, -0.25) is 9.48 Å². The molecular weight excluding hydrogens is 344 g/mol. The van der Waals surface area contributed by atoms with Crippen LogP contribution in [0.3, 0.4) is 0 Å². The van der Waals surface area contributed by atoms with E-state index in [1.54, 1.807) is 10.9 Å². The van der Waals surface area contributed by atoms with E-state index in [2.05, 4.69) is 30.9 Å². The van der Waals surface area contributed by atoms with E-state index in [1.807, 2.05) is 18.0 Å². The third-order valence-electron chi connectivity index (χ3n) is 5.46. The minimum absolute atomic E-state index is 0.00126. The number of ether oxygens (including phenoxy) is 2. The van der Waals surface area contributed by atoms with Crippen molar-refractivity contribution in [1.29, 1.82) is 0 Å². The number of hydrogen-bond acceptors (Lipinski definition) is 5. The number of carbonyl (C=O) groups is 1. The number of nitrogens with zero attached hydrogens (tertiary/aromatic N) is 4. The Morgan fingerprint density at radius 3 is 2.81 bits per heavy atom. The van der Waals surface area contributed by atoms with Gasteiger partial charge in [0.05, 0.1) is 31.0 Å². The molecule has 0 bridgehead atoms. The quantitative estimate of drug-likeness (QED) is 0.768. The maximum Gasteiger partial charge on any atom is 0.255 e. The maximum absolute atomic E-state index is 13.2. The molecule has 0 aliphatic carbocycles. The molecule has 2 aromatic rings. The van der Waals surface area contributed by atoms with Gasteiger partial charge in [0.1, 0.15) is 5.60 Å². The molecule has 4 rings (SSSR count). The number of carbonyl (C=O) groups excluding carboxylic acids is 1. The first kappa shape index (κ1) is 18.4. The van der Waals surface area contributed by atoms with Crippen LogP contribution in [0.15, 0.2) is 12.3 Å². The van der Waals surface area contributed by atoms with Crippen molar-refractivity contribution in [1.82, 2.24) is 19.7 Å². The SMILES string of the molecule is Cn1nc(C(C)(C)C)c2cc(C(=O)N3CCOC4(CCCOC4)C3)cnc21. The van der Waals surface area contributed by atoms with Crippen molar-refractivity contribution < 1.29 is 14.3 Å². The van der Waals surface area contributed by atoms with E-state index in [0.717, 1.165) is 36.2 Å². The second-order valence-electron chi connectivity index (χ2n) is 8.73. The molecule has 0 N–H and O–H groups in total. The summed E-state index contributed by atoms with van der Waals surface area (Å²) >= 11 is 0. The van der Waals surface area contributed by atoms with Crippen LogP contribution < -0.4 is 0 Å². The molecule has 1 amide bonds.